The molecule has 0 aliphatic heterocycles. The van der Waals surface area contributed by atoms with E-state index < -0.39 is 0 Å². The molecule has 5 nitrogen and oxygen atoms in total. The van der Waals surface area contributed by atoms with Gasteiger partial charge in [0, 0.05) is 25.2 Å². The van der Waals surface area contributed by atoms with E-state index in [0.29, 0.717) is 41.8 Å². The Bertz CT molecular complexity index is 806. The second-order valence-electron chi connectivity index (χ2n) is 12.6. The molecule has 0 saturated heterocycles. The number of Topliss-reactive ketones (excluding diaryl/α,β-unsaturated/α-hetero) is 1. The molecule has 0 amide bonds. The lowest BCUT2D eigenvalue weighted by molar-refractivity contribution is -0.178. The average molecular weight is 475 g/mol. The fourth-order valence-corrected chi connectivity index (χ4v) is 9.59. The summed E-state index contributed by atoms with van der Waals surface area (Å²) in [4.78, 5) is 37.5. The molecule has 0 aromatic rings. The quantitative estimate of drug-likeness (QED) is 0.443. The van der Waals surface area contributed by atoms with E-state index in [0.717, 1.165) is 44.9 Å². The number of hydrogen-bond donors (Lipinski definition) is 0. The summed E-state index contributed by atoms with van der Waals surface area (Å²) < 4.78 is 10.5. The Morgan fingerprint density at radius 1 is 1.03 bits per heavy atom. The second kappa shape index (κ2) is 9.58. The van der Waals surface area contributed by atoms with E-state index in [4.69, 9.17) is 9.47 Å². The van der Waals surface area contributed by atoms with Crippen LogP contribution in [0.2, 0.25) is 0 Å². The van der Waals surface area contributed by atoms with Crippen LogP contribution in [-0.2, 0) is 23.9 Å². The first-order valence-electron chi connectivity index (χ1n) is 13.8. The minimum absolute atomic E-state index is 0.0330. The number of methoxy groups -OCH3 is 1. The van der Waals surface area contributed by atoms with Crippen LogP contribution < -0.4 is 0 Å². The van der Waals surface area contributed by atoms with Gasteiger partial charge in [-0.1, -0.05) is 27.7 Å². The third kappa shape index (κ3) is 4.13. The zero-order chi connectivity index (χ0) is 24.8. The number of ether oxygens (including phenoxy) is 2. The number of ketones is 1. The van der Waals surface area contributed by atoms with Gasteiger partial charge in [0.25, 0.3) is 0 Å². The van der Waals surface area contributed by atoms with E-state index in [-0.39, 0.29) is 40.7 Å². The molecule has 10 atom stereocenters. The van der Waals surface area contributed by atoms with E-state index >= 15 is 0 Å². The Labute approximate surface area is 206 Å². The number of rotatable bonds is 6. The van der Waals surface area contributed by atoms with Gasteiger partial charge in [0.05, 0.1) is 7.11 Å². The molecule has 34 heavy (non-hydrogen) atoms. The summed E-state index contributed by atoms with van der Waals surface area (Å²) in [6.07, 6.45) is 9.67. The largest absolute Gasteiger partial charge is 0.469 e. The number of carbonyl (C=O) groups excluding carboxylic acids is 3. The van der Waals surface area contributed by atoms with E-state index in [2.05, 4.69) is 27.7 Å². The van der Waals surface area contributed by atoms with Crippen LogP contribution in [0.3, 0.4) is 0 Å². The van der Waals surface area contributed by atoms with Crippen LogP contribution >= 0.6 is 0 Å². The predicted molar refractivity (Wildman–Crippen MR) is 131 cm³/mol. The smallest absolute Gasteiger partial charge is 0.305 e. The summed E-state index contributed by atoms with van der Waals surface area (Å²) in [6, 6.07) is 0. The standard InChI is InChI=1S/C29H46O5/c1-7-20-24-16-19(34-18(3)30)12-14-29(24,5)23-13-15-28(4)21(17(2)8-11-25(31)33-6)9-10-22(28)26(23)27(20)32/h17,19-24,26H,7-16H2,1-6H3/t17-,19-,20?,21-,22?,23?,24+,26?,28-,29-/m1/s1. The molecule has 0 spiro atoms. The molecule has 0 radical (unpaired) electrons. The molecule has 4 unspecified atom stereocenters. The molecule has 0 N–H and O–H groups in total. The van der Waals surface area contributed by atoms with Crippen molar-refractivity contribution < 1.29 is 23.9 Å². The van der Waals surface area contributed by atoms with Crippen LogP contribution in [0, 0.1) is 52.3 Å². The Morgan fingerprint density at radius 3 is 2.35 bits per heavy atom. The maximum Gasteiger partial charge on any atom is 0.305 e. The van der Waals surface area contributed by atoms with Gasteiger partial charge in [-0.15, -0.1) is 0 Å². The van der Waals surface area contributed by atoms with Crippen molar-refractivity contribution in [2.24, 2.45) is 52.3 Å². The third-order valence-corrected chi connectivity index (χ3v) is 11.2. The molecule has 4 fully saturated rings. The van der Waals surface area contributed by atoms with Gasteiger partial charge in [0.2, 0.25) is 0 Å². The van der Waals surface area contributed by atoms with Crippen molar-refractivity contribution in [1.29, 1.82) is 0 Å². The predicted octanol–water partition coefficient (Wildman–Crippen LogP) is 5.98. The molecule has 0 aromatic heterocycles. The first-order valence-corrected chi connectivity index (χ1v) is 13.8. The topological polar surface area (TPSA) is 69.7 Å². The molecule has 0 aromatic carbocycles. The molecule has 192 valence electrons. The van der Waals surface area contributed by atoms with Gasteiger partial charge in [-0.3, -0.25) is 14.4 Å². The Kier molecular flexibility index (Phi) is 7.24. The van der Waals surface area contributed by atoms with Crippen molar-refractivity contribution in [2.75, 3.05) is 7.11 Å². The monoisotopic (exact) mass is 474 g/mol. The van der Waals surface area contributed by atoms with Crippen LogP contribution in [0.15, 0.2) is 0 Å². The zero-order valence-corrected chi connectivity index (χ0v) is 22.2. The van der Waals surface area contributed by atoms with Crippen molar-refractivity contribution in [1.82, 2.24) is 0 Å². The van der Waals surface area contributed by atoms with Crippen LogP contribution in [0.4, 0.5) is 0 Å². The molecule has 4 rings (SSSR count). The minimum atomic E-state index is -0.201. The molecular weight excluding hydrogens is 428 g/mol. The summed E-state index contributed by atoms with van der Waals surface area (Å²) in [7, 11) is 1.47. The van der Waals surface area contributed by atoms with E-state index in [1.807, 2.05) is 0 Å². The Hall–Kier alpha value is -1.39. The molecule has 0 bridgehead atoms. The lowest BCUT2D eigenvalue weighted by Gasteiger charge is -2.62. The highest BCUT2D eigenvalue weighted by molar-refractivity contribution is 5.86. The summed E-state index contributed by atoms with van der Waals surface area (Å²) in [6.45, 7) is 10.9. The molecule has 4 aliphatic carbocycles. The zero-order valence-electron chi connectivity index (χ0n) is 22.2. The van der Waals surface area contributed by atoms with Gasteiger partial charge in [0.15, 0.2) is 0 Å². The SMILES string of the molecule is CCC1C(=O)C2C3CC[C@H]([C@H](C)CCC(=O)OC)[C@@]3(C)CCC2[C@@]2(C)CC[C@@H](OC(C)=O)C[C@@H]12. The van der Waals surface area contributed by atoms with Crippen molar-refractivity contribution in [3.63, 3.8) is 0 Å². The van der Waals surface area contributed by atoms with E-state index in [9.17, 15) is 14.4 Å². The first kappa shape index (κ1) is 25.7. The average Bonchev–Trinajstić information content (AvgIpc) is 3.15. The highest BCUT2D eigenvalue weighted by Gasteiger charge is 2.65. The van der Waals surface area contributed by atoms with E-state index in [1.165, 1.54) is 26.9 Å². The number of hydrogen-bond acceptors (Lipinski definition) is 5. The third-order valence-electron chi connectivity index (χ3n) is 11.2. The van der Waals surface area contributed by atoms with Gasteiger partial charge in [0.1, 0.15) is 11.9 Å². The maximum absolute atomic E-state index is 14.2. The van der Waals surface area contributed by atoms with Crippen molar-refractivity contribution >= 4 is 17.7 Å². The van der Waals surface area contributed by atoms with Crippen molar-refractivity contribution in [2.45, 2.75) is 105 Å². The van der Waals surface area contributed by atoms with Gasteiger partial charge in [-0.05, 0) is 98.2 Å². The van der Waals surface area contributed by atoms with Crippen molar-refractivity contribution in [3.8, 4) is 0 Å². The van der Waals surface area contributed by atoms with Crippen LogP contribution in [0.1, 0.15) is 98.8 Å². The first-order chi connectivity index (χ1) is 16.1. The molecule has 4 aliphatic rings. The van der Waals surface area contributed by atoms with E-state index in [1.54, 1.807) is 0 Å². The van der Waals surface area contributed by atoms with Crippen molar-refractivity contribution in [3.05, 3.63) is 0 Å². The molecule has 4 saturated carbocycles. The lowest BCUT2D eigenvalue weighted by atomic mass is 9.42. The fraction of sp³-hybridized carbons (Fsp3) is 0.897. The van der Waals surface area contributed by atoms with Gasteiger partial charge >= 0.3 is 11.9 Å². The lowest BCUT2D eigenvalue weighted by Crippen LogP contribution is -2.60. The second-order valence-corrected chi connectivity index (χ2v) is 12.6. The highest BCUT2D eigenvalue weighted by Crippen LogP contribution is 2.68. The van der Waals surface area contributed by atoms with Gasteiger partial charge < -0.3 is 9.47 Å². The molecule has 0 heterocycles. The summed E-state index contributed by atoms with van der Waals surface area (Å²) >= 11 is 0. The minimum Gasteiger partial charge on any atom is -0.469 e. The molecular formula is C29H46O5. The number of esters is 2. The maximum atomic E-state index is 14.2. The Balaban J connectivity index is 1.57. The van der Waals surface area contributed by atoms with Crippen LogP contribution in [0.5, 0.6) is 0 Å². The fourth-order valence-electron chi connectivity index (χ4n) is 9.59. The summed E-state index contributed by atoms with van der Waals surface area (Å²) in [5.74, 6) is 2.73. The van der Waals surface area contributed by atoms with Crippen LogP contribution in [0.25, 0.3) is 0 Å². The van der Waals surface area contributed by atoms with Crippen LogP contribution in [-0.4, -0.2) is 30.9 Å². The Morgan fingerprint density at radius 2 is 1.71 bits per heavy atom. The van der Waals surface area contributed by atoms with Gasteiger partial charge in [-0.2, -0.15) is 0 Å². The summed E-state index contributed by atoms with van der Waals surface area (Å²) in [5, 5.41) is 0. The van der Waals surface area contributed by atoms with Gasteiger partial charge in [-0.25, -0.2) is 0 Å². The molecule has 5 heteroatoms. The number of carbonyl (C=O) groups is 3. The number of fused-ring (bicyclic) bond motifs is 5. The normalized spacial score (nSPS) is 44.4. The highest BCUT2D eigenvalue weighted by atomic mass is 16.5. The summed E-state index contributed by atoms with van der Waals surface area (Å²) in [5.41, 5.74) is 0.342.